The Bertz CT molecular complexity index is 2280. The summed E-state index contributed by atoms with van der Waals surface area (Å²) in [6.07, 6.45) is 0. The molecule has 2 bridgehead atoms. The monoisotopic (exact) mass is 630 g/mol. The number of esters is 2. The third kappa shape index (κ3) is 3.42. The molecule has 11 rings (SSSR count). The first-order chi connectivity index (χ1) is 24.2. The third-order valence-corrected chi connectivity index (χ3v) is 11.3. The maximum atomic E-state index is 14.6. The van der Waals surface area contributed by atoms with Gasteiger partial charge in [-0.15, -0.1) is 0 Å². The Morgan fingerprint density at radius 1 is 0.388 bits per heavy atom. The van der Waals surface area contributed by atoms with Gasteiger partial charge >= 0.3 is 11.9 Å². The molecule has 0 saturated carbocycles. The summed E-state index contributed by atoms with van der Waals surface area (Å²) in [7, 11) is 0. The molecule has 4 aliphatic rings. The summed E-state index contributed by atoms with van der Waals surface area (Å²) in [5.74, 6) is -2.52. The number of carbonyl (C=O) groups is 2. The lowest BCUT2D eigenvalue weighted by molar-refractivity contribution is -0.154. The molecule has 7 aromatic rings. The van der Waals surface area contributed by atoms with Crippen LogP contribution in [0.4, 0.5) is 0 Å². The van der Waals surface area contributed by atoms with E-state index in [1.165, 1.54) is 0 Å². The van der Waals surface area contributed by atoms with Crippen molar-refractivity contribution in [3.63, 3.8) is 0 Å². The van der Waals surface area contributed by atoms with Gasteiger partial charge in [-0.2, -0.15) is 0 Å². The molecule has 3 heteroatoms. The number of carbonyl (C=O) groups excluding carboxylic acids is 2. The quantitative estimate of drug-likeness (QED) is 0.144. The van der Waals surface area contributed by atoms with Crippen LogP contribution in [0.3, 0.4) is 0 Å². The minimum absolute atomic E-state index is 0.465. The van der Waals surface area contributed by atoms with Gasteiger partial charge < -0.3 is 4.74 Å². The summed E-state index contributed by atoms with van der Waals surface area (Å²) in [6.45, 7) is 0. The molecule has 0 aromatic heterocycles. The summed E-state index contributed by atoms with van der Waals surface area (Å²) >= 11 is 0. The van der Waals surface area contributed by atoms with Crippen molar-refractivity contribution in [2.75, 3.05) is 0 Å². The Hall–Kier alpha value is -6.06. The highest BCUT2D eigenvalue weighted by atomic mass is 16.6. The van der Waals surface area contributed by atoms with Crippen LogP contribution in [-0.4, -0.2) is 11.9 Å². The Morgan fingerprint density at radius 3 is 1.10 bits per heavy atom. The molecule has 0 amide bonds. The summed E-state index contributed by atoms with van der Waals surface area (Å²) < 4.78 is 5.86. The van der Waals surface area contributed by atoms with Crippen LogP contribution < -0.4 is 0 Å². The standard InChI is InChI=1S/C46H30O3/c47-43-41-42(44(48)49-43)46(32-23-11-4-12-24-32)36-28-16-15-27-35(36)45(41,31-21-9-3-10-22-31)39-37(29-17-5-1-6-18-29)33-25-13-14-26-34(33)38(40(39)46)30-19-7-2-8-20-30/h1-28,41-42H. The van der Waals surface area contributed by atoms with E-state index in [1.54, 1.807) is 0 Å². The Balaban J connectivity index is 1.58. The lowest BCUT2D eigenvalue weighted by Crippen LogP contribution is -2.62. The largest absolute Gasteiger partial charge is 0.393 e. The fourth-order valence-corrected chi connectivity index (χ4v) is 9.84. The molecule has 4 atom stereocenters. The van der Waals surface area contributed by atoms with E-state index < -0.39 is 34.6 Å². The fraction of sp³-hybridized carbons (Fsp3) is 0.0870. The van der Waals surface area contributed by atoms with Gasteiger partial charge in [0.2, 0.25) is 0 Å². The predicted octanol–water partition coefficient (Wildman–Crippen LogP) is 9.49. The van der Waals surface area contributed by atoms with Crippen LogP contribution in [0.15, 0.2) is 170 Å². The molecule has 4 unspecified atom stereocenters. The van der Waals surface area contributed by atoms with Crippen molar-refractivity contribution in [2.24, 2.45) is 11.8 Å². The molecule has 7 aromatic carbocycles. The van der Waals surface area contributed by atoms with Crippen molar-refractivity contribution in [2.45, 2.75) is 10.8 Å². The smallest absolute Gasteiger partial charge is 0.319 e. The molecule has 0 N–H and O–H groups in total. The normalized spacial score (nSPS) is 23.1. The second-order valence-corrected chi connectivity index (χ2v) is 13.4. The Labute approximate surface area is 284 Å². The zero-order chi connectivity index (χ0) is 32.7. The van der Waals surface area contributed by atoms with E-state index in [4.69, 9.17) is 4.74 Å². The highest BCUT2D eigenvalue weighted by Gasteiger charge is 2.75. The molecule has 1 heterocycles. The lowest BCUT2D eigenvalue weighted by atomic mass is 9.37. The van der Waals surface area contributed by atoms with Crippen molar-refractivity contribution >= 4 is 22.7 Å². The van der Waals surface area contributed by atoms with E-state index in [2.05, 4.69) is 121 Å². The molecule has 232 valence electrons. The van der Waals surface area contributed by atoms with Gasteiger partial charge in [-0.25, -0.2) is 0 Å². The zero-order valence-corrected chi connectivity index (χ0v) is 26.5. The summed E-state index contributed by atoms with van der Waals surface area (Å²) in [6, 6.07) is 58.9. The van der Waals surface area contributed by atoms with Gasteiger partial charge in [0.05, 0.1) is 22.7 Å². The Morgan fingerprint density at radius 2 is 0.714 bits per heavy atom. The van der Waals surface area contributed by atoms with Crippen LogP contribution in [-0.2, 0) is 25.2 Å². The lowest BCUT2D eigenvalue weighted by Gasteiger charge is -2.61. The van der Waals surface area contributed by atoms with Gasteiger partial charge in [-0.05, 0) is 66.4 Å². The van der Waals surface area contributed by atoms with Gasteiger partial charge in [-0.3, -0.25) is 9.59 Å². The number of rotatable bonds is 4. The minimum atomic E-state index is -1.03. The first-order valence-electron chi connectivity index (χ1n) is 16.9. The number of benzene rings is 7. The van der Waals surface area contributed by atoms with E-state index in [1.807, 2.05) is 48.5 Å². The highest BCUT2D eigenvalue weighted by Crippen LogP contribution is 2.73. The SMILES string of the molecule is O=C1OC(=O)C2C1C1(c3ccccc3)c3ccccc3C2(c2ccccc2)c2c1c(-c1ccccc1)c1ccccc1c2-c1ccccc1. The number of ether oxygens (including phenoxy) is 1. The number of hydrogen-bond acceptors (Lipinski definition) is 3. The van der Waals surface area contributed by atoms with Gasteiger partial charge in [-0.1, -0.05) is 170 Å². The Kier molecular flexibility index (Phi) is 5.84. The highest BCUT2D eigenvalue weighted by molar-refractivity contribution is 6.13. The van der Waals surface area contributed by atoms with E-state index in [0.29, 0.717) is 0 Å². The van der Waals surface area contributed by atoms with Crippen LogP contribution in [0, 0.1) is 11.8 Å². The molecule has 0 radical (unpaired) electrons. The molecule has 3 aliphatic carbocycles. The molecule has 1 fully saturated rings. The molecule has 3 nitrogen and oxygen atoms in total. The second-order valence-electron chi connectivity index (χ2n) is 13.4. The van der Waals surface area contributed by atoms with Crippen molar-refractivity contribution < 1.29 is 14.3 Å². The molecule has 1 aliphatic heterocycles. The summed E-state index contributed by atoms with van der Waals surface area (Å²) in [4.78, 5) is 29.2. The van der Waals surface area contributed by atoms with Crippen molar-refractivity contribution in [3.05, 3.63) is 203 Å². The summed E-state index contributed by atoms with van der Waals surface area (Å²) in [5.41, 5.74) is 8.37. The van der Waals surface area contributed by atoms with Crippen LogP contribution in [0.1, 0.15) is 33.4 Å². The molecule has 49 heavy (non-hydrogen) atoms. The van der Waals surface area contributed by atoms with Crippen LogP contribution in [0.5, 0.6) is 0 Å². The first-order valence-corrected chi connectivity index (χ1v) is 16.9. The van der Waals surface area contributed by atoms with Crippen LogP contribution >= 0.6 is 0 Å². The maximum absolute atomic E-state index is 14.6. The first kappa shape index (κ1) is 28.0. The molecular weight excluding hydrogens is 601 g/mol. The van der Waals surface area contributed by atoms with E-state index in [0.717, 1.165) is 66.4 Å². The third-order valence-electron chi connectivity index (χ3n) is 11.3. The molecular formula is C46H30O3. The minimum Gasteiger partial charge on any atom is -0.393 e. The predicted molar refractivity (Wildman–Crippen MR) is 192 cm³/mol. The maximum Gasteiger partial charge on any atom is 0.319 e. The van der Waals surface area contributed by atoms with Crippen LogP contribution in [0.2, 0.25) is 0 Å². The van der Waals surface area contributed by atoms with Gasteiger partial charge in [0.25, 0.3) is 0 Å². The number of cyclic esters (lactones) is 2. The fourth-order valence-electron chi connectivity index (χ4n) is 9.84. The van der Waals surface area contributed by atoms with Crippen molar-refractivity contribution in [1.29, 1.82) is 0 Å². The number of fused-ring (bicyclic) bond motifs is 1. The van der Waals surface area contributed by atoms with Crippen molar-refractivity contribution in [1.82, 2.24) is 0 Å². The topological polar surface area (TPSA) is 43.4 Å². The summed E-state index contributed by atoms with van der Waals surface area (Å²) in [5, 5.41) is 2.20. The number of hydrogen-bond donors (Lipinski definition) is 0. The van der Waals surface area contributed by atoms with Gasteiger partial charge in [0.1, 0.15) is 0 Å². The van der Waals surface area contributed by atoms with Crippen molar-refractivity contribution in [3.8, 4) is 22.3 Å². The van der Waals surface area contributed by atoms with E-state index >= 15 is 0 Å². The van der Waals surface area contributed by atoms with Gasteiger partial charge in [0.15, 0.2) is 0 Å². The average Bonchev–Trinajstić information content (AvgIpc) is 3.49. The zero-order valence-electron chi connectivity index (χ0n) is 26.5. The average molecular weight is 631 g/mol. The molecule has 1 saturated heterocycles. The van der Waals surface area contributed by atoms with E-state index in [9.17, 15) is 9.59 Å². The molecule has 0 spiro atoms. The second kappa shape index (κ2) is 10.2. The van der Waals surface area contributed by atoms with Gasteiger partial charge in [0, 0.05) is 0 Å². The van der Waals surface area contributed by atoms with E-state index in [-0.39, 0.29) is 0 Å². The van der Waals surface area contributed by atoms with Crippen LogP contribution in [0.25, 0.3) is 33.0 Å².